The smallest absolute Gasteiger partial charge is 0.311 e. The Morgan fingerprint density at radius 3 is 2.48 bits per heavy atom. The molecule has 2 rings (SSSR count). The number of aliphatic carboxylic acids is 1. The number of nitrogens with zero attached hydrogens (tertiary/aromatic N) is 1. The normalized spacial score (nSPS) is 36.4. The van der Waals surface area contributed by atoms with E-state index in [2.05, 4.69) is 6.92 Å². The number of carbonyl (C=O) groups is 2. The second kappa shape index (κ2) is 6.32. The first-order valence-electron chi connectivity index (χ1n) is 7.69. The summed E-state index contributed by atoms with van der Waals surface area (Å²) in [5, 5.41) is 9.24. The van der Waals surface area contributed by atoms with E-state index in [-0.39, 0.29) is 19.1 Å². The summed E-state index contributed by atoms with van der Waals surface area (Å²) in [5.41, 5.74) is 5.40. The monoisotopic (exact) mass is 298 g/mol. The van der Waals surface area contributed by atoms with Crippen molar-refractivity contribution in [2.45, 2.75) is 38.6 Å². The van der Waals surface area contributed by atoms with Crippen molar-refractivity contribution in [3.63, 3.8) is 0 Å². The topological polar surface area (TPSA) is 92.9 Å². The molecular weight excluding hydrogens is 272 g/mol. The summed E-state index contributed by atoms with van der Waals surface area (Å²) in [7, 11) is 1.69. The number of likely N-dealkylation sites (N-methyl/N-ethyl adjacent to an activating group) is 1. The molecule has 120 valence electrons. The fraction of sp³-hybridized carbons (Fsp3) is 0.867. The van der Waals surface area contributed by atoms with Crippen LogP contribution in [0.3, 0.4) is 0 Å². The van der Waals surface area contributed by atoms with Crippen LogP contribution >= 0.6 is 0 Å². The lowest BCUT2D eigenvalue weighted by Crippen LogP contribution is -2.53. The number of hydrogen-bond acceptors (Lipinski definition) is 4. The van der Waals surface area contributed by atoms with Gasteiger partial charge in [0.2, 0.25) is 5.91 Å². The molecule has 1 amide bonds. The van der Waals surface area contributed by atoms with E-state index in [1.165, 1.54) is 0 Å². The molecule has 0 aromatic heterocycles. The molecule has 2 atom stereocenters. The average molecular weight is 298 g/mol. The molecular formula is C15H26N2O4. The van der Waals surface area contributed by atoms with Crippen LogP contribution in [0.15, 0.2) is 0 Å². The predicted octanol–water partition coefficient (Wildman–Crippen LogP) is 0.700. The summed E-state index contributed by atoms with van der Waals surface area (Å²) >= 11 is 0. The molecule has 0 aromatic rings. The van der Waals surface area contributed by atoms with Gasteiger partial charge in [0, 0.05) is 13.6 Å². The fourth-order valence-electron chi connectivity index (χ4n) is 3.51. The van der Waals surface area contributed by atoms with Crippen LogP contribution in [-0.2, 0) is 14.3 Å². The number of carboxylic acids is 1. The zero-order valence-corrected chi connectivity index (χ0v) is 12.9. The van der Waals surface area contributed by atoms with Crippen LogP contribution in [0.25, 0.3) is 0 Å². The zero-order chi connectivity index (χ0) is 15.6. The molecule has 0 radical (unpaired) electrons. The van der Waals surface area contributed by atoms with E-state index in [1.807, 2.05) is 0 Å². The summed E-state index contributed by atoms with van der Waals surface area (Å²) in [6.07, 6.45) is 3.58. The van der Waals surface area contributed by atoms with Gasteiger partial charge in [-0.1, -0.05) is 6.92 Å². The molecule has 2 unspecified atom stereocenters. The first-order chi connectivity index (χ1) is 9.91. The molecule has 1 heterocycles. The van der Waals surface area contributed by atoms with Crippen molar-refractivity contribution in [2.75, 3.05) is 26.8 Å². The van der Waals surface area contributed by atoms with Crippen LogP contribution in [0, 0.1) is 17.3 Å². The Hall–Kier alpha value is -1.14. The fourth-order valence-corrected chi connectivity index (χ4v) is 3.51. The molecule has 3 N–H and O–H groups in total. The van der Waals surface area contributed by atoms with Gasteiger partial charge in [-0.3, -0.25) is 9.59 Å². The first kappa shape index (κ1) is 16.2. The Morgan fingerprint density at radius 2 is 1.95 bits per heavy atom. The Labute approximate surface area is 125 Å². The van der Waals surface area contributed by atoms with Crippen molar-refractivity contribution in [3.05, 3.63) is 0 Å². The number of rotatable bonds is 4. The van der Waals surface area contributed by atoms with Crippen LogP contribution in [-0.4, -0.2) is 54.7 Å². The van der Waals surface area contributed by atoms with Crippen molar-refractivity contribution < 1.29 is 19.4 Å². The Bertz CT molecular complexity index is 404. The molecule has 6 heteroatoms. The van der Waals surface area contributed by atoms with Gasteiger partial charge in [-0.25, -0.2) is 0 Å². The van der Waals surface area contributed by atoms with Crippen molar-refractivity contribution in [1.29, 1.82) is 0 Å². The zero-order valence-electron chi connectivity index (χ0n) is 12.9. The molecule has 0 spiro atoms. The third-order valence-corrected chi connectivity index (χ3v) is 5.26. The molecule has 1 aliphatic heterocycles. The lowest BCUT2D eigenvalue weighted by atomic mass is 9.69. The highest BCUT2D eigenvalue weighted by Crippen LogP contribution is 2.40. The van der Waals surface area contributed by atoms with Gasteiger partial charge in [0.1, 0.15) is 5.92 Å². The number of carboxylic acid groups (broad SMARTS) is 1. The van der Waals surface area contributed by atoms with Gasteiger partial charge in [0.15, 0.2) is 0 Å². The van der Waals surface area contributed by atoms with E-state index in [4.69, 9.17) is 10.5 Å². The van der Waals surface area contributed by atoms with Crippen LogP contribution in [0.4, 0.5) is 0 Å². The van der Waals surface area contributed by atoms with Gasteiger partial charge in [-0.2, -0.15) is 0 Å². The summed E-state index contributed by atoms with van der Waals surface area (Å²) in [6.45, 7) is 2.98. The van der Waals surface area contributed by atoms with Crippen LogP contribution in [0.2, 0.25) is 0 Å². The van der Waals surface area contributed by atoms with Gasteiger partial charge in [-0.05, 0) is 31.6 Å². The van der Waals surface area contributed by atoms with E-state index < -0.39 is 23.3 Å². The number of ether oxygens (including phenoxy) is 1. The van der Waals surface area contributed by atoms with Crippen LogP contribution < -0.4 is 5.73 Å². The minimum Gasteiger partial charge on any atom is -0.481 e. The highest BCUT2D eigenvalue weighted by atomic mass is 16.5. The second-order valence-electron chi connectivity index (χ2n) is 6.63. The Balaban J connectivity index is 2.12. The van der Waals surface area contributed by atoms with Gasteiger partial charge in [0.25, 0.3) is 0 Å². The maximum atomic E-state index is 12.9. The molecule has 1 saturated carbocycles. The third-order valence-electron chi connectivity index (χ3n) is 5.26. The number of hydrogen-bond donors (Lipinski definition) is 2. The first-order valence-corrected chi connectivity index (χ1v) is 7.69. The van der Waals surface area contributed by atoms with Gasteiger partial charge in [0.05, 0.1) is 24.7 Å². The van der Waals surface area contributed by atoms with E-state index in [0.29, 0.717) is 12.5 Å². The van der Waals surface area contributed by atoms with Crippen LogP contribution in [0.5, 0.6) is 0 Å². The number of amides is 1. The van der Waals surface area contributed by atoms with Crippen LogP contribution in [0.1, 0.15) is 32.6 Å². The Morgan fingerprint density at radius 1 is 1.33 bits per heavy atom. The van der Waals surface area contributed by atoms with Crippen molar-refractivity contribution in [1.82, 2.24) is 4.90 Å². The largest absolute Gasteiger partial charge is 0.481 e. The number of nitrogens with two attached hydrogens (primary N) is 1. The maximum Gasteiger partial charge on any atom is 0.311 e. The lowest BCUT2D eigenvalue weighted by molar-refractivity contribution is -0.149. The molecule has 21 heavy (non-hydrogen) atoms. The number of carbonyl (C=O) groups excluding carboxylic acids is 1. The van der Waals surface area contributed by atoms with Gasteiger partial charge >= 0.3 is 5.97 Å². The molecule has 2 aliphatic rings. The molecule has 0 aromatic carbocycles. The highest BCUT2D eigenvalue weighted by Gasteiger charge is 2.46. The summed E-state index contributed by atoms with van der Waals surface area (Å²) < 4.78 is 5.27. The van der Waals surface area contributed by atoms with Crippen molar-refractivity contribution >= 4 is 11.9 Å². The molecule has 1 aliphatic carbocycles. The average Bonchev–Trinajstić information content (AvgIpc) is 2.96. The third kappa shape index (κ3) is 3.06. The van der Waals surface area contributed by atoms with Gasteiger partial charge < -0.3 is 20.5 Å². The summed E-state index contributed by atoms with van der Waals surface area (Å²) in [5.74, 6) is -0.935. The molecule has 2 fully saturated rings. The second-order valence-corrected chi connectivity index (χ2v) is 6.63. The molecule has 1 saturated heterocycles. The van der Waals surface area contributed by atoms with Crippen molar-refractivity contribution in [3.8, 4) is 0 Å². The highest BCUT2D eigenvalue weighted by molar-refractivity contribution is 5.84. The minimum atomic E-state index is -0.906. The Kier molecular flexibility index (Phi) is 4.88. The van der Waals surface area contributed by atoms with Crippen molar-refractivity contribution in [2.24, 2.45) is 23.0 Å². The van der Waals surface area contributed by atoms with E-state index >= 15 is 0 Å². The SMILES string of the molecule is CC1CCC(CN)(C(=O)N(C)C2COCC2C(=O)O)CC1. The van der Waals surface area contributed by atoms with Gasteiger partial charge in [-0.15, -0.1) is 0 Å². The molecule has 6 nitrogen and oxygen atoms in total. The lowest BCUT2D eigenvalue weighted by Gasteiger charge is -2.41. The standard InChI is InChI=1S/C15H26N2O4/c1-10-3-5-15(9-16,6-4-10)14(20)17(2)12-8-21-7-11(12)13(18)19/h10-12H,3-9,16H2,1-2H3,(H,18,19). The van der Waals surface area contributed by atoms with E-state index in [1.54, 1.807) is 11.9 Å². The quantitative estimate of drug-likeness (QED) is 0.797. The summed E-state index contributed by atoms with van der Waals surface area (Å²) in [6, 6.07) is -0.391. The van der Waals surface area contributed by atoms with E-state index in [0.717, 1.165) is 25.7 Å². The predicted molar refractivity (Wildman–Crippen MR) is 77.6 cm³/mol. The summed E-state index contributed by atoms with van der Waals surface area (Å²) in [4.78, 5) is 25.8. The molecule has 0 bridgehead atoms. The minimum absolute atomic E-state index is 0.0151. The van der Waals surface area contributed by atoms with E-state index in [9.17, 15) is 14.7 Å². The maximum absolute atomic E-state index is 12.9.